The molecule has 0 saturated carbocycles. The second kappa shape index (κ2) is 9.25. The first kappa shape index (κ1) is 24.5. The van der Waals surface area contributed by atoms with Crippen molar-refractivity contribution in [2.75, 3.05) is 0 Å². The normalized spacial score (nSPS) is 12.0. The summed E-state index contributed by atoms with van der Waals surface area (Å²) in [6.07, 6.45) is 0. The van der Waals surface area contributed by atoms with E-state index in [1.54, 1.807) is 0 Å². The molecule has 0 saturated heterocycles. The number of aromatic nitrogens is 1. The Morgan fingerprint density at radius 3 is 1.60 bits per heavy atom. The number of pyridine rings is 1. The molecule has 0 aliphatic rings. The standard InChI is InChI=1S/C43H25NO/c1-2-10-26(11-3-1)43-35-21-23-40-42(41(35)34-16-8-9-17-38(34)44-43)37-25-28(19-22-39(37)45-40)27-18-20-33-31-14-5-4-12-29(31)30-13-6-7-15-32(30)36(33)24-27/h1-25H. The molecule has 0 aliphatic heterocycles. The number of hydrogen-bond donors (Lipinski definition) is 0. The molecule has 0 radical (unpaired) electrons. The van der Waals surface area contributed by atoms with E-state index in [0.717, 1.165) is 49.5 Å². The zero-order valence-corrected chi connectivity index (χ0v) is 24.3. The van der Waals surface area contributed by atoms with Gasteiger partial charge in [0.15, 0.2) is 0 Å². The van der Waals surface area contributed by atoms with Gasteiger partial charge in [-0.1, -0.05) is 115 Å². The number of hydrogen-bond acceptors (Lipinski definition) is 2. The highest BCUT2D eigenvalue weighted by Gasteiger charge is 2.18. The van der Waals surface area contributed by atoms with Gasteiger partial charge in [0.25, 0.3) is 0 Å². The molecule has 0 amide bonds. The summed E-state index contributed by atoms with van der Waals surface area (Å²) in [4.78, 5) is 5.15. The predicted molar refractivity (Wildman–Crippen MR) is 190 cm³/mol. The maximum Gasteiger partial charge on any atom is 0.136 e. The first-order valence-electron chi connectivity index (χ1n) is 15.4. The zero-order chi connectivity index (χ0) is 29.5. The van der Waals surface area contributed by atoms with Crippen molar-refractivity contribution in [2.45, 2.75) is 0 Å². The Hall–Kier alpha value is -5.99. The third-order valence-corrected chi connectivity index (χ3v) is 9.42. The van der Waals surface area contributed by atoms with Crippen LogP contribution >= 0.6 is 0 Å². The van der Waals surface area contributed by atoms with E-state index in [9.17, 15) is 0 Å². The molecule has 0 atom stereocenters. The van der Waals surface area contributed by atoms with Crippen LogP contribution in [0.3, 0.4) is 0 Å². The van der Waals surface area contributed by atoms with Gasteiger partial charge in [0.05, 0.1) is 11.2 Å². The Kier molecular flexibility index (Phi) is 5.03. The van der Waals surface area contributed by atoms with E-state index in [-0.39, 0.29) is 0 Å². The first-order chi connectivity index (χ1) is 22.3. The minimum Gasteiger partial charge on any atom is -0.456 e. The maximum atomic E-state index is 6.50. The van der Waals surface area contributed by atoms with Gasteiger partial charge in [-0.25, -0.2) is 4.98 Å². The van der Waals surface area contributed by atoms with Crippen LogP contribution in [0.25, 0.3) is 98.3 Å². The van der Waals surface area contributed by atoms with E-state index in [1.165, 1.54) is 48.8 Å². The lowest BCUT2D eigenvalue weighted by Crippen LogP contribution is -1.90. The van der Waals surface area contributed by atoms with Crippen LogP contribution in [-0.4, -0.2) is 4.98 Å². The van der Waals surface area contributed by atoms with Gasteiger partial charge in [-0.3, -0.25) is 0 Å². The van der Waals surface area contributed by atoms with Crippen molar-refractivity contribution in [1.82, 2.24) is 4.98 Å². The Morgan fingerprint density at radius 1 is 0.333 bits per heavy atom. The molecule has 0 fully saturated rings. The summed E-state index contributed by atoms with van der Waals surface area (Å²) in [5.74, 6) is 0. The van der Waals surface area contributed by atoms with E-state index in [2.05, 4.69) is 146 Å². The summed E-state index contributed by atoms with van der Waals surface area (Å²) in [6.45, 7) is 0. The smallest absolute Gasteiger partial charge is 0.136 e. The summed E-state index contributed by atoms with van der Waals surface area (Å²) in [7, 11) is 0. The van der Waals surface area contributed by atoms with Crippen molar-refractivity contribution in [3.05, 3.63) is 152 Å². The number of para-hydroxylation sites is 1. The maximum absolute atomic E-state index is 6.50. The Bertz CT molecular complexity index is 2770. The van der Waals surface area contributed by atoms with Gasteiger partial charge in [0.1, 0.15) is 11.2 Å². The Morgan fingerprint density at radius 2 is 0.867 bits per heavy atom. The van der Waals surface area contributed by atoms with Crippen LogP contribution in [0, 0.1) is 0 Å². The van der Waals surface area contributed by atoms with Crippen molar-refractivity contribution in [3.63, 3.8) is 0 Å². The molecule has 10 aromatic rings. The molecule has 8 aromatic carbocycles. The topological polar surface area (TPSA) is 26.0 Å². The predicted octanol–water partition coefficient (Wildman–Crippen LogP) is 12.1. The lowest BCUT2D eigenvalue weighted by atomic mass is 9.91. The number of rotatable bonds is 2. The van der Waals surface area contributed by atoms with Gasteiger partial charge in [0.2, 0.25) is 0 Å². The molecule has 45 heavy (non-hydrogen) atoms. The van der Waals surface area contributed by atoms with E-state index in [1.807, 2.05) is 6.07 Å². The molecule has 2 aromatic heterocycles. The number of nitrogens with zero attached hydrogens (tertiary/aromatic N) is 1. The Balaban J connectivity index is 1.28. The molecular formula is C43H25NO. The van der Waals surface area contributed by atoms with Gasteiger partial charge in [0, 0.05) is 32.5 Å². The fourth-order valence-electron chi connectivity index (χ4n) is 7.39. The SMILES string of the molecule is c1ccc(-c2nc3ccccc3c3c2ccc2oc4ccc(-c5ccc6c7ccccc7c7ccccc7c6c5)cc4c23)cc1. The molecule has 10 rings (SSSR count). The fourth-order valence-corrected chi connectivity index (χ4v) is 7.39. The number of furan rings is 1. The van der Waals surface area contributed by atoms with Crippen LogP contribution in [0.4, 0.5) is 0 Å². The zero-order valence-electron chi connectivity index (χ0n) is 24.3. The van der Waals surface area contributed by atoms with E-state index in [0.29, 0.717) is 0 Å². The molecule has 208 valence electrons. The average Bonchev–Trinajstić information content (AvgIpc) is 3.50. The van der Waals surface area contributed by atoms with Crippen LogP contribution in [0.15, 0.2) is 156 Å². The second-order valence-electron chi connectivity index (χ2n) is 11.9. The van der Waals surface area contributed by atoms with Crippen molar-refractivity contribution >= 4 is 75.9 Å². The van der Waals surface area contributed by atoms with Gasteiger partial charge >= 0.3 is 0 Å². The average molecular weight is 572 g/mol. The van der Waals surface area contributed by atoms with Crippen molar-refractivity contribution in [1.29, 1.82) is 0 Å². The van der Waals surface area contributed by atoms with Crippen LogP contribution in [-0.2, 0) is 0 Å². The third kappa shape index (κ3) is 3.54. The first-order valence-corrected chi connectivity index (χ1v) is 15.4. The molecule has 2 heterocycles. The summed E-state index contributed by atoms with van der Waals surface area (Å²) in [6, 6.07) is 54.2. The molecular weight excluding hydrogens is 546 g/mol. The fraction of sp³-hybridized carbons (Fsp3) is 0. The third-order valence-electron chi connectivity index (χ3n) is 9.42. The quantitative estimate of drug-likeness (QED) is 0.193. The molecule has 2 heteroatoms. The molecule has 0 aliphatic carbocycles. The minimum absolute atomic E-state index is 0.889. The molecule has 0 N–H and O–H groups in total. The van der Waals surface area contributed by atoms with E-state index < -0.39 is 0 Å². The van der Waals surface area contributed by atoms with Gasteiger partial charge in [-0.05, 0) is 79.8 Å². The van der Waals surface area contributed by atoms with Crippen LogP contribution < -0.4 is 0 Å². The van der Waals surface area contributed by atoms with E-state index in [4.69, 9.17) is 9.40 Å². The Labute approximate surface area is 258 Å². The van der Waals surface area contributed by atoms with Crippen molar-refractivity contribution in [2.24, 2.45) is 0 Å². The largest absolute Gasteiger partial charge is 0.456 e. The minimum atomic E-state index is 0.889. The molecule has 2 nitrogen and oxygen atoms in total. The summed E-state index contributed by atoms with van der Waals surface area (Å²) in [5, 5.41) is 13.4. The highest BCUT2D eigenvalue weighted by molar-refractivity contribution is 6.29. The summed E-state index contributed by atoms with van der Waals surface area (Å²) < 4.78 is 6.50. The molecule has 0 unspecified atom stereocenters. The van der Waals surface area contributed by atoms with Crippen LogP contribution in [0.5, 0.6) is 0 Å². The van der Waals surface area contributed by atoms with Gasteiger partial charge < -0.3 is 4.42 Å². The van der Waals surface area contributed by atoms with Crippen molar-refractivity contribution < 1.29 is 4.42 Å². The highest BCUT2D eigenvalue weighted by Crippen LogP contribution is 2.43. The van der Waals surface area contributed by atoms with Crippen molar-refractivity contribution in [3.8, 4) is 22.4 Å². The monoisotopic (exact) mass is 571 g/mol. The lowest BCUT2D eigenvalue weighted by molar-refractivity contribution is 0.669. The highest BCUT2D eigenvalue weighted by atomic mass is 16.3. The van der Waals surface area contributed by atoms with E-state index >= 15 is 0 Å². The molecule has 0 spiro atoms. The van der Waals surface area contributed by atoms with Crippen LogP contribution in [0.1, 0.15) is 0 Å². The number of fused-ring (bicyclic) bond motifs is 13. The second-order valence-corrected chi connectivity index (χ2v) is 11.9. The molecule has 0 bridgehead atoms. The van der Waals surface area contributed by atoms with Gasteiger partial charge in [-0.2, -0.15) is 0 Å². The van der Waals surface area contributed by atoms with Gasteiger partial charge in [-0.15, -0.1) is 0 Å². The number of benzene rings is 8. The summed E-state index contributed by atoms with van der Waals surface area (Å²) >= 11 is 0. The van der Waals surface area contributed by atoms with Crippen LogP contribution in [0.2, 0.25) is 0 Å². The lowest BCUT2D eigenvalue weighted by Gasteiger charge is -2.12. The summed E-state index contributed by atoms with van der Waals surface area (Å²) in [5.41, 5.74) is 7.22.